The number of nitrogen functional groups attached to an aromatic ring is 1. The Hall–Kier alpha value is -3.75. The summed E-state index contributed by atoms with van der Waals surface area (Å²) in [6, 6.07) is 10.8. The lowest BCUT2D eigenvalue weighted by Gasteiger charge is -2.33. The minimum absolute atomic E-state index is 0.169. The molecule has 196 valence electrons. The van der Waals surface area contributed by atoms with Crippen molar-refractivity contribution in [2.45, 2.75) is 23.5 Å². The number of aromatic nitrogens is 2. The number of likely N-dealkylation sites (tertiary alicyclic amines) is 1. The van der Waals surface area contributed by atoms with Crippen molar-refractivity contribution in [3.63, 3.8) is 0 Å². The molecule has 0 radical (unpaired) electrons. The van der Waals surface area contributed by atoms with Crippen LogP contribution in [0.1, 0.15) is 12.1 Å². The van der Waals surface area contributed by atoms with E-state index in [1.54, 1.807) is 24.3 Å². The molecule has 2 aromatic carbocycles. The second kappa shape index (κ2) is 10.7. The standard InChI is InChI=1S/C26H31FN6O3S/c1-5-24-19-13-17(28)14-23(30-21-9-12-32(2)16-20(21)27)26(19)31-33(24)11-6-10-29-22-8-7-18(37(4,34)35)15-25(22)36-3/h5,7-8,13-15,20-21,29-30H,1,9-10,12,16,28H2,2-4H3/t20-,21+/m0/s1. The molecule has 37 heavy (non-hydrogen) atoms. The molecule has 4 rings (SSSR count). The number of nitrogens with one attached hydrogen (secondary N) is 2. The fourth-order valence-electron chi connectivity index (χ4n) is 4.34. The van der Waals surface area contributed by atoms with E-state index in [1.807, 2.05) is 11.9 Å². The third-order valence-electron chi connectivity index (χ3n) is 6.27. The largest absolute Gasteiger partial charge is 0.495 e. The number of piperidine rings is 1. The topological polar surface area (TPSA) is 115 Å². The molecule has 2 heterocycles. The Morgan fingerprint density at radius 1 is 1.32 bits per heavy atom. The second-order valence-electron chi connectivity index (χ2n) is 9.06. The number of anilines is 3. The average molecular weight is 527 g/mol. The molecule has 0 bridgehead atoms. The first-order chi connectivity index (χ1) is 17.6. The number of hydrogen-bond acceptors (Lipinski definition) is 8. The lowest BCUT2D eigenvalue weighted by atomic mass is 10.0. The summed E-state index contributed by atoms with van der Waals surface area (Å²) in [7, 11) is 0.0313. The highest BCUT2D eigenvalue weighted by atomic mass is 32.2. The van der Waals surface area contributed by atoms with Gasteiger partial charge in [-0.15, -0.1) is 0 Å². The first kappa shape index (κ1) is 26.3. The molecule has 1 aromatic heterocycles. The number of fused-ring (bicyclic) bond motifs is 1. The molecule has 1 aliphatic rings. The SMILES string of the molecule is C=Cc1c2cc(N)cc(N[C@@H]3CCN(C)C[C@@H]3F)c2nn1C#CCNc1ccc(S(C)(=O)=O)cc1OC. The van der Waals surface area contributed by atoms with Gasteiger partial charge >= 0.3 is 0 Å². The van der Waals surface area contributed by atoms with Gasteiger partial charge in [-0.2, -0.15) is 9.78 Å². The predicted molar refractivity (Wildman–Crippen MR) is 146 cm³/mol. The third kappa shape index (κ3) is 5.81. The van der Waals surface area contributed by atoms with E-state index in [1.165, 1.54) is 23.9 Å². The van der Waals surface area contributed by atoms with Crippen molar-refractivity contribution in [3.05, 3.63) is 42.6 Å². The highest BCUT2D eigenvalue weighted by Crippen LogP contribution is 2.31. The van der Waals surface area contributed by atoms with Gasteiger partial charge in [-0.1, -0.05) is 12.5 Å². The number of hydrogen-bond donors (Lipinski definition) is 3. The number of halogens is 1. The lowest BCUT2D eigenvalue weighted by molar-refractivity contribution is 0.149. The van der Waals surface area contributed by atoms with E-state index in [0.29, 0.717) is 47.0 Å². The summed E-state index contributed by atoms with van der Waals surface area (Å²) in [6.07, 6.45) is 2.46. The van der Waals surface area contributed by atoms with E-state index in [2.05, 4.69) is 34.3 Å². The van der Waals surface area contributed by atoms with Crippen molar-refractivity contribution in [2.24, 2.45) is 0 Å². The van der Waals surface area contributed by atoms with Crippen LogP contribution in [0.2, 0.25) is 0 Å². The fourth-order valence-corrected chi connectivity index (χ4v) is 4.98. The van der Waals surface area contributed by atoms with Crippen LogP contribution in [0, 0.1) is 12.0 Å². The van der Waals surface area contributed by atoms with E-state index in [4.69, 9.17) is 10.5 Å². The molecule has 1 aliphatic heterocycles. The van der Waals surface area contributed by atoms with Crippen molar-refractivity contribution < 1.29 is 17.5 Å². The zero-order chi connectivity index (χ0) is 26.7. The molecule has 0 unspecified atom stereocenters. The van der Waals surface area contributed by atoms with Gasteiger partial charge in [0.1, 0.15) is 17.4 Å². The van der Waals surface area contributed by atoms with E-state index < -0.39 is 16.0 Å². The van der Waals surface area contributed by atoms with Gasteiger partial charge in [0.2, 0.25) is 0 Å². The van der Waals surface area contributed by atoms with E-state index in [0.717, 1.165) is 18.2 Å². The van der Waals surface area contributed by atoms with Gasteiger partial charge in [-0.25, -0.2) is 12.8 Å². The molecular weight excluding hydrogens is 495 g/mol. The van der Waals surface area contributed by atoms with Crippen molar-refractivity contribution in [3.8, 4) is 17.7 Å². The zero-order valence-electron chi connectivity index (χ0n) is 21.1. The number of nitrogens with zero attached hydrogens (tertiary/aromatic N) is 3. The van der Waals surface area contributed by atoms with Crippen LogP contribution >= 0.6 is 0 Å². The number of alkyl halides is 1. The maximum Gasteiger partial charge on any atom is 0.175 e. The molecular formula is C26H31FN6O3S. The van der Waals surface area contributed by atoms with Crippen LogP contribution in [0.5, 0.6) is 5.75 Å². The molecule has 9 nitrogen and oxygen atoms in total. The van der Waals surface area contributed by atoms with Gasteiger partial charge in [0.05, 0.1) is 41.7 Å². The number of rotatable bonds is 7. The highest BCUT2D eigenvalue weighted by molar-refractivity contribution is 7.90. The van der Waals surface area contributed by atoms with E-state index in [-0.39, 0.29) is 17.5 Å². The lowest BCUT2D eigenvalue weighted by Crippen LogP contribution is -2.46. The maximum atomic E-state index is 14.7. The van der Waals surface area contributed by atoms with Crippen LogP contribution in [-0.4, -0.2) is 75.4 Å². The summed E-state index contributed by atoms with van der Waals surface area (Å²) in [5.74, 6) is 3.41. The van der Waals surface area contributed by atoms with Crippen molar-refractivity contribution in [1.29, 1.82) is 0 Å². The normalized spacial score (nSPS) is 18.2. The summed E-state index contributed by atoms with van der Waals surface area (Å²) in [5.41, 5.74) is 9.26. The van der Waals surface area contributed by atoms with Crippen molar-refractivity contribution in [2.75, 3.05) is 56.4 Å². The zero-order valence-corrected chi connectivity index (χ0v) is 21.9. The summed E-state index contributed by atoms with van der Waals surface area (Å²) >= 11 is 0. The number of ether oxygens (including phenoxy) is 1. The average Bonchev–Trinajstić information content (AvgIpc) is 3.20. The molecule has 0 saturated carbocycles. The molecule has 0 amide bonds. The summed E-state index contributed by atoms with van der Waals surface area (Å²) in [5, 5.41) is 11.8. The van der Waals surface area contributed by atoms with Gasteiger partial charge in [0.15, 0.2) is 9.84 Å². The van der Waals surface area contributed by atoms with Gasteiger partial charge < -0.3 is 26.0 Å². The number of methoxy groups -OCH3 is 1. The van der Waals surface area contributed by atoms with Crippen LogP contribution in [0.15, 0.2) is 41.8 Å². The van der Waals surface area contributed by atoms with Gasteiger partial charge in [0, 0.05) is 42.5 Å². The fraction of sp³-hybridized carbons (Fsp3) is 0.346. The quantitative estimate of drug-likeness (QED) is 0.318. The van der Waals surface area contributed by atoms with Crippen LogP contribution < -0.4 is 21.1 Å². The third-order valence-corrected chi connectivity index (χ3v) is 7.38. The minimum Gasteiger partial charge on any atom is -0.495 e. The summed E-state index contributed by atoms with van der Waals surface area (Å²) in [6.45, 7) is 5.32. The Bertz CT molecular complexity index is 1490. The Kier molecular flexibility index (Phi) is 7.61. The molecule has 1 saturated heterocycles. The van der Waals surface area contributed by atoms with Crippen molar-refractivity contribution in [1.82, 2.24) is 14.7 Å². The molecule has 11 heteroatoms. The van der Waals surface area contributed by atoms with Crippen molar-refractivity contribution >= 4 is 43.9 Å². The van der Waals surface area contributed by atoms with E-state index in [9.17, 15) is 12.8 Å². The van der Waals surface area contributed by atoms with Crippen LogP contribution in [0.3, 0.4) is 0 Å². The molecule has 2 atom stereocenters. The number of benzene rings is 2. The predicted octanol–water partition coefficient (Wildman–Crippen LogP) is 3.05. The summed E-state index contributed by atoms with van der Waals surface area (Å²) < 4.78 is 45.1. The monoisotopic (exact) mass is 526 g/mol. The Labute approximate surface area is 216 Å². The molecule has 3 aromatic rings. The van der Waals surface area contributed by atoms with Crippen LogP contribution in [0.25, 0.3) is 17.0 Å². The van der Waals surface area contributed by atoms with E-state index >= 15 is 0 Å². The van der Waals surface area contributed by atoms with Crippen LogP contribution in [-0.2, 0) is 9.84 Å². The Morgan fingerprint density at radius 3 is 2.78 bits per heavy atom. The smallest absolute Gasteiger partial charge is 0.175 e. The minimum atomic E-state index is -3.35. The number of sulfone groups is 1. The number of nitrogens with two attached hydrogens (primary N) is 1. The molecule has 0 spiro atoms. The Balaban J connectivity index is 1.57. The van der Waals surface area contributed by atoms with Gasteiger partial charge in [0.25, 0.3) is 0 Å². The molecule has 1 fully saturated rings. The van der Waals surface area contributed by atoms with Gasteiger partial charge in [-0.05, 0) is 43.8 Å². The highest BCUT2D eigenvalue weighted by Gasteiger charge is 2.28. The Morgan fingerprint density at radius 2 is 2.11 bits per heavy atom. The summed E-state index contributed by atoms with van der Waals surface area (Å²) in [4.78, 5) is 2.14. The molecule has 0 aliphatic carbocycles. The maximum absolute atomic E-state index is 14.7. The first-order valence-corrected chi connectivity index (χ1v) is 13.6. The second-order valence-corrected chi connectivity index (χ2v) is 11.1. The van der Waals surface area contributed by atoms with Gasteiger partial charge in [-0.3, -0.25) is 0 Å². The molecule has 4 N–H and O–H groups in total. The first-order valence-electron chi connectivity index (χ1n) is 11.8. The van der Waals surface area contributed by atoms with Crippen LogP contribution in [0.4, 0.5) is 21.5 Å².